The Kier molecular flexibility index (Phi) is 1.50. The van der Waals surface area contributed by atoms with Crippen molar-refractivity contribution in [2.24, 2.45) is 0 Å². The van der Waals surface area contributed by atoms with Crippen molar-refractivity contribution in [3.05, 3.63) is 24.0 Å². The third kappa shape index (κ3) is 0.942. The maximum absolute atomic E-state index is 5.04. The highest BCUT2D eigenvalue weighted by Gasteiger charge is 2.02. The van der Waals surface area contributed by atoms with Crippen LogP contribution in [0, 0.1) is 6.92 Å². The zero-order valence-electron chi connectivity index (χ0n) is 7.09. The van der Waals surface area contributed by atoms with E-state index in [2.05, 4.69) is 10.5 Å². The molecule has 0 aliphatic rings. The molecule has 12 heavy (non-hydrogen) atoms. The van der Waals surface area contributed by atoms with Crippen LogP contribution in [0.3, 0.4) is 0 Å². The van der Waals surface area contributed by atoms with E-state index in [0.717, 1.165) is 22.4 Å². The summed E-state index contributed by atoms with van der Waals surface area (Å²) >= 11 is 0. The fourth-order valence-corrected chi connectivity index (χ4v) is 1.22. The number of anilines is 1. The van der Waals surface area contributed by atoms with Crippen LogP contribution in [0.2, 0.25) is 0 Å². The maximum Gasteiger partial charge on any atom is 0.141 e. The molecule has 3 nitrogen and oxygen atoms in total. The molecule has 2 aromatic rings. The summed E-state index contributed by atoms with van der Waals surface area (Å²) in [6, 6.07) is 5.95. The van der Waals surface area contributed by atoms with Crippen molar-refractivity contribution >= 4 is 16.6 Å². The van der Waals surface area contributed by atoms with Crippen molar-refractivity contribution in [1.29, 1.82) is 0 Å². The highest BCUT2D eigenvalue weighted by Crippen LogP contribution is 2.20. The molecule has 0 spiro atoms. The average molecular weight is 162 g/mol. The van der Waals surface area contributed by atoms with Crippen LogP contribution < -0.4 is 5.32 Å². The molecule has 0 radical (unpaired) electrons. The molecular weight excluding hydrogens is 152 g/mol. The average Bonchev–Trinajstić information content (AvgIpc) is 2.47. The Morgan fingerprint density at radius 2 is 2.25 bits per heavy atom. The zero-order chi connectivity index (χ0) is 8.55. The highest BCUT2D eigenvalue weighted by atomic mass is 16.5. The molecular formula is C9H10N2O. The van der Waals surface area contributed by atoms with Gasteiger partial charge in [0.2, 0.25) is 0 Å². The molecule has 2 rings (SSSR count). The molecule has 0 bridgehead atoms. The molecule has 1 N–H and O–H groups in total. The van der Waals surface area contributed by atoms with E-state index in [9.17, 15) is 0 Å². The van der Waals surface area contributed by atoms with Crippen LogP contribution in [0.25, 0.3) is 10.9 Å². The third-order valence-electron chi connectivity index (χ3n) is 1.95. The zero-order valence-corrected chi connectivity index (χ0v) is 7.09. The molecule has 0 atom stereocenters. The number of fused-ring (bicyclic) bond motifs is 1. The quantitative estimate of drug-likeness (QED) is 0.698. The van der Waals surface area contributed by atoms with E-state index in [-0.39, 0.29) is 0 Å². The van der Waals surface area contributed by atoms with Gasteiger partial charge in [-0.2, -0.15) is 0 Å². The number of nitrogens with one attached hydrogen (secondary N) is 1. The first-order valence-corrected chi connectivity index (χ1v) is 3.85. The molecule has 62 valence electrons. The van der Waals surface area contributed by atoms with Gasteiger partial charge in [0.1, 0.15) is 11.3 Å². The summed E-state index contributed by atoms with van der Waals surface area (Å²) in [4.78, 5) is 0. The lowest BCUT2D eigenvalue weighted by Crippen LogP contribution is -1.86. The summed E-state index contributed by atoms with van der Waals surface area (Å²) in [5.74, 6) is 0.863. The second-order valence-corrected chi connectivity index (χ2v) is 2.72. The van der Waals surface area contributed by atoms with Gasteiger partial charge < -0.3 is 9.84 Å². The third-order valence-corrected chi connectivity index (χ3v) is 1.95. The Morgan fingerprint density at radius 1 is 1.42 bits per heavy atom. The molecule has 0 fully saturated rings. The molecule has 0 amide bonds. The Morgan fingerprint density at radius 3 is 3.00 bits per heavy atom. The SMILES string of the molecule is CNc1ccc2noc(C)c2c1. The summed E-state index contributed by atoms with van der Waals surface area (Å²) in [6.07, 6.45) is 0. The fourth-order valence-electron chi connectivity index (χ4n) is 1.22. The first kappa shape index (κ1) is 7.16. The van der Waals surface area contributed by atoms with Crippen molar-refractivity contribution in [2.75, 3.05) is 12.4 Å². The van der Waals surface area contributed by atoms with Crippen LogP contribution in [0.4, 0.5) is 5.69 Å². The van der Waals surface area contributed by atoms with E-state index in [1.165, 1.54) is 0 Å². The monoisotopic (exact) mass is 162 g/mol. The first-order valence-electron chi connectivity index (χ1n) is 3.85. The molecule has 0 saturated heterocycles. The second kappa shape index (κ2) is 2.52. The molecule has 0 aliphatic heterocycles. The molecule has 1 aromatic carbocycles. The van der Waals surface area contributed by atoms with Gasteiger partial charge in [-0.1, -0.05) is 5.16 Å². The molecule has 0 unspecified atom stereocenters. The van der Waals surface area contributed by atoms with E-state index in [1.807, 2.05) is 32.2 Å². The van der Waals surface area contributed by atoms with E-state index < -0.39 is 0 Å². The first-order chi connectivity index (χ1) is 5.81. The van der Waals surface area contributed by atoms with Crippen molar-refractivity contribution < 1.29 is 4.52 Å². The van der Waals surface area contributed by atoms with E-state index in [1.54, 1.807) is 0 Å². The minimum Gasteiger partial charge on any atom is -0.388 e. The van der Waals surface area contributed by atoms with Gasteiger partial charge in [-0.25, -0.2) is 0 Å². The fraction of sp³-hybridized carbons (Fsp3) is 0.222. The van der Waals surface area contributed by atoms with Crippen LogP contribution >= 0.6 is 0 Å². The molecule has 3 heteroatoms. The maximum atomic E-state index is 5.04. The van der Waals surface area contributed by atoms with Gasteiger partial charge in [0, 0.05) is 18.1 Å². The lowest BCUT2D eigenvalue weighted by molar-refractivity contribution is 0.405. The number of rotatable bonds is 1. The normalized spacial score (nSPS) is 10.5. The van der Waals surface area contributed by atoms with E-state index in [0.29, 0.717) is 0 Å². The largest absolute Gasteiger partial charge is 0.388 e. The van der Waals surface area contributed by atoms with E-state index in [4.69, 9.17) is 4.52 Å². The number of aryl methyl sites for hydroxylation is 1. The number of hydrogen-bond donors (Lipinski definition) is 1. The summed E-state index contributed by atoms with van der Waals surface area (Å²) in [5, 5.41) is 8.03. The second-order valence-electron chi connectivity index (χ2n) is 2.72. The lowest BCUT2D eigenvalue weighted by atomic mass is 10.2. The Bertz CT molecular complexity index is 406. The summed E-state index contributed by atoms with van der Waals surface area (Å²) in [6.45, 7) is 1.91. The Labute approximate surface area is 70.4 Å². The summed E-state index contributed by atoms with van der Waals surface area (Å²) in [5.41, 5.74) is 1.99. The smallest absolute Gasteiger partial charge is 0.141 e. The number of benzene rings is 1. The summed E-state index contributed by atoms with van der Waals surface area (Å²) < 4.78 is 5.04. The molecule has 0 saturated carbocycles. The van der Waals surface area contributed by atoms with Gasteiger partial charge >= 0.3 is 0 Å². The molecule has 1 heterocycles. The molecule has 1 aromatic heterocycles. The number of aromatic nitrogens is 1. The summed E-state index contributed by atoms with van der Waals surface area (Å²) in [7, 11) is 1.89. The lowest BCUT2D eigenvalue weighted by Gasteiger charge is -1.97. The van der Waals surface area contributed by atoms with Crippen LogP contribution in [0.5, 0.6) is 0 Å². The molecule has 0 aliphatic carbocycles. The van der Waals surface area contributed by atoms with Crippen molar-refractivity contribution in [3.63, 3.8) is 0 Å². The number of hydrogen-bond acceptors (Lipinski definition) is 3. The van der Waals surface area contributed by atoms with Gasteiger partial charge in [-0.3, -0.25) is 0 Å². The van der Waals surface area contributed by atoms with Crippen LogP contribution in [-0.2, 0) is 0 Å². The van der Waals surface area contributed by atoms with Crippen molar-refractivity contribution in [2.45, 2.75) is 6.92 Å². The van der Waals surface area contributed by atoms with Crippen LogP contribution in [0.15, 0.2) is 22.7 Å². The predicted octanol–water partition coefficient (Wildman–Crippen LogP) is 2.18. The van der Waals surface area contributed by atoms with Gasteiger partial charge in [-0.05, 0) is 25.1 Å². The van der Waals surface area contributed by atoms with Crippen molar-refractivity contribution in [3.8, 4) is 0 Å². The Balaban J connectivity index is 2.71. The minimum absolute atomic E-state index is 0.863. The van der Waals surface area contributed by atoms with Crippen LogP contribution in [-0.4, -0.2) is 12.2 Å². The topological polar surface area (TPSA) is 38.1 Å². The standard InChI is InChI=1S/C9H10N2O/c1-6-8-5-7(10-2)3-4-9(8)11-12-6/h3-5,10H,1-2H3. The minimum atomic E-state index is 0.863. The number of nitrogens with zero attached hydrogens (tertiary/aromatic N) is 1. The van der Waals surface area contributed by atoms with Gasteiger partial charge in [-0.15, -0.1) is 0 Å². The van der Waals surface area contributed by atoms with E-state index >= 15 is 0 Å². The van der Waals surface area contributed by atoms with Gasteiger partial charge in [0.25, 0.3) is 0 Å². The Hall–Kier alpha value is -1.51. The van der Waals surface area contributed by atoms with Crippen molar-refractivity contribution in [1.82, 2.24) is 5.16 Å². The van der Waals surface area contributed by atoms with Crippen LogP contribution in [0.1, 0.15) is 5.76 Å². The van der Waals surface area contributed by atoms with Gasteiger partial charge in [0.15, 0.2) is 0 Å². The predicted molar refractivity (Wildman–Crippen MR) is 48.3 cm³/mol. The highest BCUT2D eigenvalue weighted by molar-refractivity contribution is 5.83. The van der Waals surface area contributed by atoms with Gasteiger partial charge in [0.05, 0.1) is 0 Å².